The maximum absolute atomic E-state index is 12.7. The lowest BCUT2D eigenvalue weighted by Gasteiger charge is -2.19. The van der Waals surface area contributed by atoms with Gasteiger partial charge >= 0.3 is 0 Å². The van der Waals surface area contributed by atoms with E-state index in [9.17, 15) is 9.90 Å². The third kappa shape index (κ3) is 6.06. The number of aliphatic hydroxyl groups is 1. The van der Waals surface area contributed by atoms with Crippen molar-refractivity contribution in [3.8, 4) is 11.5 Å². The summed E-state index contributed by atoms with van der Waals surface area (Å²) in [7, 11) is 0.124. The van der Waals surface area contributed by atoms with Crippen LogP contribution >= 0.6 is 0 Å². The van der Waals surface area contributed by atoms with Crippen molar-refractivity contribution >= 4 is 10.9 Å². The molecule has 2 N–H and O–H groups in total. The fraction of sp³-hybridized carbons (Fsp3) is 0.471. The quantitative estimate of drug-likeness (QED) is 0.579. The number of ether oxygens (including phenoxy) is 2. The van der Waals surface area contributed by atoms with Crippen LogP contribution < -0.4 is 29.0 Å². The number of halogens is 1. The second kappa shape index (κ2) is 9.36. The predicted octanol–water partition coefficient (Wildman–Crippen LogP) is -2.01. The molecule has 27 heavy (non-hydrogen) atoms. The van der Waals surface area contributed by atoms with Crippen LogP contribution in [-0.2, 0) is 13.5 Å². The molecule has 2 aromatic rings. The van der Waals surface area contributed by atoms with Crippen LogP contribution in [-0.4, -0.2) is 34.7 Å². The van der Waals surface area contributed by atoms with Crippen molar-refractivity contribution < 1.29 is 43.5 Å². The minimum atomic E-state index is -4.69. The second-order valence-corrected chi connectivity index (χ2v) is 6.94. The summed E-state index contributed by atoms with van der Waals surface area (Å²) in [5, 5.41) is 11.0. The number of pyridine rings is 1. The molecule has 0 aliphatic heterocycles. The van der Waals surface area contributed by atoms with Crippen LogP contribution in [0.15, 0.2) is 23.0 Å². The number of nitrogens with zero attached hydrogens (tertiary/aromatic N) is 1. The molecular weight excluding hydrogens is 382 g/mol. The van der Waals surface area contributed by atoms with Crippen LogP contribution in [0.3, 0.4) is 0 Å². The van der Waals surface area contributed by atoms with Crippen molar-refractivity contribution in [2.75, 3.05) is 14.2 Å². The first-order valence-electron chi connectivity index (χ1n) is 7.96. The van der Waals surface area contributed by atoms with Gasteiger partial charge in [0.1, 0.15) is 11.5 Å². The Labute approximate surface area is 158 Å². The first-order valence-corrected chi connectivity index (χ1v) is 9.22. The third-order valence-electron chi connectivity index (χ3n) is 4.02. The number of hydrogen-bond donors (Lipinski definition) is 2. The molecule has 0 radical (unpaired) electrons. The van der Waals surface area contributed by atoms with Crippen LogP contribution in [0, 0.1) is 16.2 Å². The second-order valence-electron chi connectivity index (χ2n) is 6.14. The number of aromatic nitrogens is 1. The molecule has 0 aliphatic carbocycles. The van der Waals surface area contributed by atoms with Crippen LogP contribution in [0.5, 0.6) is 11.5 Å². The summed E-state index contributed by atoms with van der Waals surface area (Å²) >= 11 is 0. The Morgan fingerprint density at radius 2 is 1.74 bits per heavy atom. The number of aryl methyl sites for hydroxylation is 1. The van der Waals surface area contributed by atoms with Gasteiger partial charge in [0.25, 0.3) is 5.56 Å². The smallest absolute Gasteiger partial charge is 0.257 e. The Hall–Kier alpha value is -1.88. The fourth-order valence-corrected chi connectivity index (χ4v) is 2.64. The number of rotatable bonds is 5. The van der Waals surface area contributed by atoms with Crippen molar-refractivity contribution in [3.63, 3.8) is 0 Å². The van der Waals surface area contributed by atoms with Gasteiger partial charge in [0.05, 0.1) is 46.3 Å². The van der Waals surface area contributed by atoms with E-state index in [1.807, 2.05) is 32.0 Å². The van der Waals surface area contributed by atoms with Crippen molar-refractivity contribution in [2.45, 2.75) is 26.4 Å². The van der Waals surface area contributed by atoms with Gasteiger partial charge in [-0.25, -0.2) is 0 Å². The molecule has 9 nitrogen and oxygen atoms in total. The van der Waals surface area contributed by atoms with E-state index in [1.54, 1.807) is 25.8 Å². The van der Waals surface area contributed by atoms with Crippen molar-refractivity contribution in [1.29, 1.82) is 0 Å². The molecule has 0 bridgehead atoms. The Morgan fingerprint density at radius 1 is 1.19 bits per heavy atom. The molecule has 0 unspecified atom stereocenters. The SMILES string of the molecule is COc1c(C[C@@H](O)C(C)C)c(=O)n(C)c2c(OC)cccc12.[O-][Cl+3]([O-])([O-])O. The minimum absolute atomic E-state index is 0.0652. The van der Waals surface area contributed by atoms with Gasteiger partial charge in [-0.1, -0.05) is 19.9 Å². The Balaban J connectivity index is 0.000000646. The van der Waals surface area contributed by atoms with E-state index in [-0.39, 0.29) is 17.9 Å². The lowest BCUT2D eigenvalue weighted by molar-refractivity contribution is -1.92. The van der Waals surface area contributed by atoms with Gasteiger partial charge in [0, 0.05) is 18.9 Å². The molecule has 0 saturated heterocycles. The predicted molar refractivity (Wildman–Crippen MR) is 89.1 cm³/mol. The van der Waals surface area contributed by atoms with Crippen LogP contribution in [0.25, 0.3) is 10.9 Å². The third-order valence-corrected chi connectivity index (χ3v) is 4.02. The zero-order valence-corrected chi connectivity index (χ0v) is 16.5. The van der Waals surface area contributed by atoms with Gasteiger partial charge in [0.2, 0.25) is 0 Å². The molecule has 0 spiro atoms. The molecule has 1 aromatic heterocycles. The minimum Gasteiger partial charge on any atom is -0.496 e. The molecule has 0 amide bonds. The zero-order valence-electron chi connectivity index (χ0n) is 15.8. The summed E-state index contributed by atoms with van der Waals surface area (Å²) in [5.41, 5.74) is 1.01. The van der Waals surface area contributed by atoms with E-state index in [0.29, 0.717) is 22.6 Å². The van der Waals surface area contributed by atoms with Gasteiger partial charge in [-0.15, -0.1) is 0 Å². The molecule has 1 aromatic carbocycles. The highest BCUT2D eigenvalue weighted by atomic mass is 35.7. The number of para-hydroxylation sites is 1. The number of methoxy groups -OCH3 is 2. The van der Waals surface area contributed by atoms with Crippen molar-refractivity contribution in [3.05, 3.63) is 34.1 Å². The maximum Gasteiger partial charge on any atom is 0.257 e. The standard InChI is InChI=1S/C17H23NO4.ClHO4/c1-10(2)13(19)9-12-16(22-5)11-7-6-8-14(21-4)15(11)18(3)17(12)20;2-1(3,4)5/h6-8,10,13,19H,9H2,1-5H3;(H,2,3,4,5)/t13-;/m1./s1. The fourth-order valence-electron chi connectivity index (χ4n) is 2.64. The summed E-state index contributed by atoms with van der Waals surface area (Å²) in [5.74, 6) is 1.19. The van der Waals surface area contributed by atoms with Crippen LogP contribution in [0.2, 0.25) is 0 Å². The molecule has 152 valence electrons. The number of aliphatic hydroxyl groups excluding tert-OH is 1. The normalized spacial score (nSPS) is 12.6. The lowest BCUT2D eigenvalue weighted by atomic mass is 9.98. The molecule has 10 heteroatoms. The summed E-state index contributed by atoms with van der Waals surface area (Å²) < 4.78 is 45.1. The van der Waals surface area contributed by atoms with Crippen molar-refractivity contribution in [1.82, 2.24) is 4.57 Å². The van der Waals surface area contributed by atoms with E-state index in [4.69, 9.17) is 28.1 Å². The molecule has 1 atom stereocenters. The van der Waals surface area contributed by atoms with E-state index in [2.05, 4.69) is 0 Å². The number of benzene rings is 1. The molecule has 0 saturated carbocycles. The Kier molecular flexibility index (Phi) is 8.03. The average molecular weight is 406 g/mol. The molecular formula is C17H24ClNO8. The van der Waals surface area contributed by atoms with Crippen LogP contribution in [0.4, 0.5) is 0 Å². The summed E-state index contributed by atoms with van der Waals surface area (Å²) in [6, 6.07) is 5.56. The van der Waals surface area contributed by atoms with E-state index < -0.39 is 16.3 Å². The van der Waals surface area contributed by atoms with E-state index >= 15 is 0 Å². The molecule has 2 rings (SSSR count). The summed E-state index contributed by atoms with van der Waals surface area (Å²) in [4.78, 5) is 12.7. The molecule has 1 heterocycles. The van der Waals surface area contributed by atoms with Gasteiger partial charge in [-0.3, -0.25) is 4.79 Å². The topological polar surface area (TPSA) is 150 Å². The largest absolute Gasteiger partial charge is 0.496 e. The van der Waals surface area contributed by atoms with Gasteiger partial charge in [0.15, 0.2) is 0 Å². The van der Waals surface area contributed by atoms with Gasteiger partial charge in [-0.2, -0.15) is 14.0 Å². The highest BCUT2D eigenvalue weighted by Gasteiger charge is 2.21. The lowest BCUT2D eigenvalue weighted by Crippen LogP contribution is -2.58. The van der Waals surface area contributed by atoms with E-state index in [0.717, 1.165) is 5.39 Å². The van der Waals surface area contributed by atoms with Crippen molar-refractivity contribution in [2.24, 2.45) is 13.0 Å². The zero-order chi connectivity index (χ0) is 20.9. The first-order chi connectivity index (χ1) is 12.4. The average Bonchev–Trinajstić information content (AvgIpc) is 2.57. The summed E-state index contributed by atoms with van der Waals surface area (Å²) in [6.45, 7) is 3.84. The van der Waals surface area contributed by atoms with Gasteiger partial charge in [-0.05, 0) is 18.1 Å². The summed E-state index contributed by atoms with van der Waals surface area (Å²) in [6.07, 6.45) is -0.328. The number of hydrogen-bond acceptors (Lipinski definition) is 8. The highest BCUT2D eigenvalue weighted by Crippen LogP contribution is 2.33. The van der Waals surface area contributed by atoms with Gasteiger partial charge < -0.3 is 19.1 Å². The number of fused-ring (bicyclic) bond motifs is 1. The maximum atomic E-state index is 12.7. The Morgan fingerprint density at radius 3 is 2.19 bits per heavy atom. The molecule has 0 aliphatic rings. The van der Waals surface area contributed by atoms with E-state index in [1.165, 1.54) is 0 Å². The van der Waals surface area contributed by atoms with Crippen LogP contribution in [0.1, 0.15) is 19.4 Å². The Bertz CT molecular complexity index is 822. The first kappa shape index (κ1) is 23.2. The highest BCUT2D eigenvalue weighted by molar-refractivity contribution is 5.91. The monoisotopic (exact) mass is 405 g/mol. The molecule has 0 fully saturated rings.